The molecule has 3 rings (SSSR count). The summed E-state index contributed by atoms with van der Waals surface area (Å²) in [7, 11) is -4.13. The van der Waals surface area contributed by atoms with Crippen molar-refractivity contribution >= 4 is 34.2 Å². The fraction of sp³-hybridized carbons (Fsp3) is 0.333. The van der Waals surface area contributed by atoms with E-state index in [9.17, 15) is 33.0 Å². The maximum absolute atomic E-state index is 13.7. The molecule has 5 N–H and O–H groups in total. The molecular weight excluding hydrogens is 628 g/mol. The molecule has 14 heteroatoms. The number of aliphatic hydroxyl groups is 1. The van der Waals surface area contributed by atoms with Gasteiger partial charge in [-0.2, -0.15) is 4.31 Å². The van der Waals surface area contributed by atoms with Gasteiger partial charge in [0.15, 0.2) is 0 Å². The monoisotopic (exact) mass is 668 g/mol. The smallest absolute Gasteiger partial charge is 0.408 e. The number of alkyl carbamates (subject to hydrolysis) is 1. The van der Waals surface area contributed by atoms with Crippen molar-refractivity contribution in [3.8, 4) is 0 Å². The number of carbonyl (C=O) groups excluding carboxylic acids is 2. The molecule has 3 atom stereocenters. The number of sulfonamides is 1. The maximum atomic E-state index is 13.7. The Morgan fingerprint density at radius 2 is 1.49 bits per heavy atom. The summed E-state index contributed by atoms with van der Waals surface area (Å²) in [4.78, 5) is 37.5. The number of aliphatic carboxylic acids is 1. The molecule has 0 saturated carbocycles. The van der Waals surface area contributed by atoms with E-state index in [1.165, 1.54) is 24.3 Å². The number of amides is 2. The van der Waals surface area contributed by atoms with Gasteiger partial charge in [0.25, 0.3) is 0 Å². The normalized spacial score (nSPS) is 13.6. The molecule has 252 valence electrons. The molecule has 2 amide bonds. The highest BCUT2D eigenvalue weighted by molar-refractivity contribution is 7.89. The summed E-state index contributed by atoms with van der Waals surface area (Å²) >= 11 is 0. The summed E-state index contributed by atoms with van der Waals surface area (Å²) in [5.74, 6) is -2.39. The third-order valence-electron chi connectivity index (χ3n) is 6.97. The Balaban J connectivity index is 1.84. The molecule has 0 aromatic heterocycles. The number of hydrogen-bond donors (Lipinski definition) is 5. The molecule has 3 aromatic carbocycles. The number of nitrogens with zero attached hydrogens (tertiary/aromatic N) is 2. The first-order valence-corrected chi connectivity index (χ1v) is 16.3. The van der Waals surface area contributed by atoms with Crippen LogP contribution in [-0.4, -0.2) is 83.6 Å². The quantitative estimate of drug-likeness (QED) is 0.0816. The van der Waals surface area contributed by atoms with Crippen LogP contribution >= 0.6 is 0 Å². The van der Waals surface area contributed by atoms with Gasteiger partial charge in [-0.1, -0.05) is 91.8 Å². The van der Waals surface area contributed by atoms with Crippen molar-refractivity contribution in [2.45, 2.75) is 56.4 Å². The Kier molecular flexibility index (Phi) is 13.9. The van der Waals surface area contributed by atoms with Crippen LogP contribution in [0.2, 0.25) is 0 Å². The topological polar surface area (TPSA) is 195 Å². The van der Waals surface area contributed by atoms with Crippen LogP contribution < -0.4 is 10.6 Å². The first-order valence-electron chi connectivity index (χ1n) is 14.9. The third kappa shape index (κ3) is 11.8. The molecule has 0 radical (unpaired) electrons. The van der Waals surface area contributed by atoms with Gasteiger partial charge in [0, 0.05) is 13.1 Å². The Bertz CT molecular complexity index is 1590. The van der Waals surface area contributed by atoms with Gasteiger partial charge in [-0.25, -0.2) is 13.2 Å². The van der Waals surface area contributed by atoms with Crippen LogP contribution in [-0.2, 0) is 37.4 Å². The largest absolute Gasteiger partial charge is 0.481 e. The average molecular weight is 669 g/mol. The van der Waals surface area contributed by atoms with Crippen molar-refractivity contribution in [2.24, 2.45) is 11.1 Å². The standard InChI is InChI=1S/C33H40N4O9S/c1-23(2)20-37(47(44,45)27-15-13-25(14-16-27)19-34-43)21-30(38)28(17-24-9-5-3-6-10-24)35-32(41)29(18-31(39)40)36-33(42)46-22-26-11-7-4-8-12-26/h3-16,19,23,28-30,38,43H,17-18,20-22H2,1-2H3,(H,35,41)(H,36,42)(H,39,40)/t28-,29-,30-/m0/s1. The van der Waals surface area contributed by atoms with Crippen LogP contribution in [0.5, 0.6) is 0 Å². The first kappa shape index (κ1) is 36.7. The Morgan fingerprint density at radius 1 is 0.894 bits per heavy atom. The van der Waals surface area contributed by atoms with E-state index in [0.29, 0.717) is 16.7 Å². The molecule has 0 fully saturated rings. The lowest BCUT2D eigenvalue weighted by molar-refractivity contribution is -0.140. The predicted octanol–water partition coefficient (Wildman–Crippen LogP) is 3.00. The van der Waals surface area contributed by atoms with E-state index in [2.05, 4.69) is 15.8 Å². The molecule has 3 aromatic rings. The van der Waals surface area contributed by atoms with E-state index < -0.39 is 59.1 Å². The van der Waals surface area contributed by atoms with Crippen molar-refractivity contribution in [1.82, 2.24) is 14.9 Å². The van der Waals surface area contributed by atoms with Crippen molar-refractivity contribution < 1.29 is 43.0 Å². The number of benzene rings is 3. The minimum absolute atomic E-state index is 0.0433. The fourth-order valence-electron chi connectivity index (χ4n) is 4.68. The van der Waals surface area contributed by atoms with E-state index in [-0.39, 0.29) is 30.4 Å². The second-order valence-electron chi connectivity index (χ2n) is 11.3. The summed E-state index contributed by atoms with van der Waals surface area (Å²) < 4.78 is 33.7. The first-order chi connectivity index (χ1) is 22.4. The van der Waals surface area contributed by atoms with Gasteiger partial charge in [-0.05, 0) is 41.2 Å². The van der Waals surface area contributed by atoms with Gasteiger partial charge < -0.3 is 30.8 Å². The number of hydrogen-bond acceptors (Lipinski definition) is 9. The van der Waals surface area contributed by atoms with E-state index in [1.807, 2.05) is 13.8 Å². The molecule has 0 aliphatic carbocycles. The molecule has 0 heterocycles. The van der Waals surface area contributed by atoms with Crippen LogP contribution in [0.4, 0.5) is 4.79 Å². The zero-order chi connectivity index (χ0) is 34.4. The van der Waals surface area contributed by atoms with E-state index in [1.54, 1.807) is 60.7 Å². The lowest BCUT2D eigenvalue weighted by atomic mass is 10.00. The minimum atomic E-state index is -4.13. The molecule has 47 heavy (non-hydrogen) atoms. The number of carboxylic acid groups (broad SMARTS) is 1. The van der Waals surface area contributed by atoms with Crippen LogP contribution in [0.25, 0.3) is 0 Å². The maximum Gasteiger partial charge on any atom is 0.408 e. The van der Waals surface area contributed by atoms with E-state index in [4.69, 9.17) is 9.94 Å². The van der Waals surface area contributed by atoms with E-state index in [0.717, 1.165) is 10.5 Å². The minimum Gasteiger partial charge on any atom is -0.481 e. The predicted molar refractivity (Wildman–Crippen MR) is 173 cm³/mol. The molecule has 0 aliphatic rings. The molecule has 0 aliphatic heterocycles. The molecule has 0 saturated heterocycles. The van der Waals surface area contributed by atoms with Crippen LogP contribution in [0, 0.1) is 5.92 Å². The van der Waals surface area contributed by atoms with Gasteiger partial charge in [0.05, 0.1) is 29.7 Å². The van der Waals surface area contributed by atoms with Gasteiger partial charge in [0.2, 0.25) is 15.9 Å². The van der Waals surface area contributed by atoms with Crippen LogP contribution in [0.15, 0.2) is 95.0 Å². The SMILES string of the molecule is CC(C)CN(C[C@H](O)[C@H](Cc1ccccc1)NC(=O)[C@H](CC(=O)O)NC(=O)OCc1ccccc1)S(=O)(=O)c1ccc(C=NO)cc1. The summed E-state index contributed by atoms with van der Waals surface area (Å²) in [5.41, 5.74) is 1.87. The lowest BCUT2D eigenvalue weighted by Crippen LogP contribution is -2.56. The number of oxime groups is 1. The summed E-state index contributed by atoms with van der Waals surface area (Å²) in [6, 6.07) is 20.6. The second kappa shape index (κ2) is 17.8. The number of nitrogens with one attached hydrogen (secondary N) is 2. The zero-order valence-electron chi connectivity index (χ0n) is 26.1. The fourth-order valence-corrected chi connectivity index (χ4v) is 6.30. The molecule has 13 nitrogen and oxygen atoms in total. The Hall–Kier alpha value is -4.79. The van der Waals surface area contributed by atoms with Gasteiger partial charge in [-0.15, -0.1) is 0 Å². The van der Waals surface area contributed by atoms with Crippen LogP contribution in [0.1, 0.15) is 37.0 Å². The molecule has 0 spiro atoms. The number of rotatable bonds is 17. The highest BCUT2D eigenvalue weighted by Gasteiger charge is 2.33. The van der Waals surface area contributed by atoms with Crippen molar-refractivity contribution in [3.63, 3.8) is 0 Å². The molecule has 0 bridgehead atoms. The molecule has 0 unspecified atom stereocenters. The highest BCUT2D eigenvalue weighted by atomic mass is 32.2. The average Bonchev–Trinajstić information content (AvgIpc) is 3.03. The third-order valence-corrected chi connectivity index (χ3v) is 8.82. The molecular formula is C33H40N4O9S. The van der Waals surface area contributed by atoms with E-state index >= 15 is 0 Å². The Morgan fingerprint density at radius 3 is 2.04 bits per heavy atom. The van der Waals surface area contributed by atoms with Gasteiger partial charge in [-0.3, -0.25) is 9.59 Å². The summed E-state index contributed by atoms with van der Waals surface area (Å²) in [6.45, 7) is 3.16. The number of carbonyl (C=O) groups is 3. The summed E-state index contributed by atoms with van der Waals surface area (Å²) in [6.07, 6.45) is -2.02. The summed E-state index contributed by atoms with van der Waals surface area (Å²) in [5, 5.41) is 37.6. The number of carboxylic acids is 1. The van der Waals surface area contributed by atoms with Crippen molar-refractivity contribution in [2.75, 3.05) is 13.1 Å². The number of ether oxygens (including phenoxy) is 1. The lowest BCUT2D eigenvalue weighted by Gasteiger charge is -2.31. The zero-order valence-corrected chi connectivity index (χ0v) is 26.9. The van der Waals surface area contributed by atoms with Gasteiger partial charge >= 0.3 is 12.1 Å². The highest BCUT2D eigenvalue weighted by Crippen LogP contribution is 2.20. The van der Waals surface area contributed by atoms with Crippen molar-refractivity contribution in [1.29, 1.82) is 0 Å². The van der Waals surface area contributed by atoms with Crippen molar-refractivity contribution in [3.05, 3.63) is 102 Å². The Labute approximate surface area is 273 Å². The number of aliphatic hydroxyl groups excluding tert-OH is 1. The second-order valence-corrected chi connectivity index (χ2v) is 13.2. The van der Waals surface area contributed by atoms with Gasteiger partial charge in [0.1, 0.15) is 12.6 Å². The van der Waals surface area contributed by atoms with Crippen LogP contribution in [0.3, 0.4) is 0 Å².